The maximum Gasteiger partial charge on any atom is 0.177 e. The fourth-order valence-corrected chi connectivity index (χ4v) is 1.74. The molecule has 0 radical (unpaired) electrons. The first-order valence-electron chi connectivity index (χ1n) is 5.47. The molecule has 1 atom stereocenters. The van der Waals surface area contributed by atoms with Gasteiger partial charge in [0.25, 0.3) is 0 Å². The number of carbonyl (C=O) groups excluding carboxylic acids is 2. The fraction of sp³-hybridized carbons (Fsp3) is 0.818. The Morgan fingerprint density at radius 2 is 1.82 bits per heavy atom. The molecule has 0 aromatic carbocycles. The van der Waals surface area contributed by atoms with Crippen LogP contribution in [0.5, 0.6) is 0 Å². The molecule has 0 saturated heterocycles. The standard InChI is InChI=1S/C11H21NO5/c1-12(2,3)8-11(17,7-10(15)16)9(14)5-4-6-13/h13,17H,4-8H2,1-3H3/t11-/m1/s1. The van der Waals surface area contributed by atoms with Gasteiger partial charge in [-0.2, -0.15) is 0 Å². The molecule has 0 aliphatic heterocycles. The van der Waals surface area contributed by atoms with Crippen LogP contribution in [0.1, 0.15) is 19.3 Å². The zero-order chi connectivity index (χ0) is 13.7. The van der Waals surface area contributed by atoms with Crippen molar-refractivity contribution in [3.8, 4) is 0 Å². The summed E-state index contributed by atoms with van der Waals surface area (Å²) >= 11 is 0. The molecule has 0 aliphatic rings. The summed E-state index contributed by atoms with van der Waals surface area (Å²) in [6.07, 6.45) is -0.543. The number of aliphatic carboxylic acids is 1. The van der Waals surface area contributed by atoms with Gasteiger partial charge in [-0.1, -0.05) is 0 Å². The number of nitrogens with zero attached hydrogens (tertiary/aromatic N) is 1. The van der Waals surface area contributed by atoms with Gasteiger partial charge in [0.1, 0.15) is 6.54 Å². The van der Waals surface area contributed by atoms with E-state index in [1.54, 1.807) is 21.1 Å². The molecule has 0 amide bonds. The first kappa shape index (κ1) is 16.0. The van der Waals surface area contributed by atoms with Crippen LogP contribution in [0.2, 0.25) is 0 Å². The molecule has 100 valence electrons. The summed E-state index contributed by atoms with van der Waals surface area (Å²) in [6, 6.07) is 0. The molecule has 6 nitrogen and oxygen atoms in total. The van der Waals surface area contributed by atoms with Gasteiger partial charge >= 0.3 is 0 Å². The number of carboxylic acid groups (broad SMARTS) is 1. The Balaban J connectivity index is 4.83. The van der Waals surface area contributed by atoms with Gasteiger partial charge in [0.2, 0.25) is 0 Å². The van der Waals surface area contributed by atoms with Crippen LogP contribution in [-0.4, -0.2) is 66.3 Å². The maximum absolute atomic E-state index is 11.8. The first-order chi connectivity index (χ1) is 7.60. The van der Waals surface area contributed by atoms with Crippen LogP contribution in [0.3, 0.4) is 0 Å². The minimum absolute atomic E-state index is 0.00869. The second-order valence-electron chi connectivity index (χ2n) is 5.28. The summed E-state index contributed by atoms with van der Waals surface area (Å²) in [5.74, 6) is -2.03. The van der Waals surface area contributed by atoms with E-state index >= 15 is 0 Å². The third-order valence-corrected chi connectivity index (χ3v) is 2.25. The Morgan fingerprint density at radius 3 is 2.18 bits per heavy atom. The predicted octanol–water partition coefficient (Wildman–Crippen LogP) is -2.09. The summed E-state index contributed by atoms with van der Waals surface area (Å²) in [7, 11) is 5.25. The SMILES string of the molecule is C[N+](C)(C)C[C@](O)(CC(=O)[O-])C(=O)CCCO. The molecule has 0 aromatic rings. The molecule has 0 aliphatic carbocycles. The van der Waals surface area contributed by atoms with E-state index in [2.05, 4.69) is 0 Å². The zero-order valence-corrected chi connectivity index (χ0v) is 10.6. The number of aliphatic hydroxyl groups is 2. The van der Waals surface area contributed by atoms with Crippen molar-refractivity contribution in [1.29, 1.82) is 0 Å². The molecule has 17 heavy (non-hydrogen) atoms. The number of carboxylic acids is 1. The number of aliphatic hydroxyl groups excluding tert-OH is 1. The number of likely N-dealkylation sites (N-methyl/N-ethyl adjacent to an activating group) is 1. The van der Waals surface area contributed by atoms with Crippen LogP contribution >= 0.6 is 0 Å². The van der Waals surface area contributed by atoms with Gasteiger partial charge < -0.3 is 24.6 Å². The molecule has 6 heteroatoms. The van der Waals surface area contributed by atoms with E-state index in [4.69, 9.17) is 5.11 Å². The van der Waals surface area contributed by atoms with E-state index < -0.39 is 23.8 Å². The average molecular weight is 247 g/mol. The molecular weight excluding hydrogens is 226 g/mol. The Morgan fingerprint density at radius 1 is 1.29 bits per heavy atom. The lowest BCUT2D eigenvalue weighted by Crippen LogP contribution is -2.56. The molecule has 0 fully saturated rings. The molecule has 0 aromatic heterocycles. The van der Waals surface area contributed by atoms with Crippen molar-refractivity contribution in [2.24, 2.45) is 0 Å². The minimum atomic E-state index is -1.92. The van der Waals surface area contributed by atoms with Crippen LogP contribution in [0.15, 0.2) is 0 Å². The Bertz CT molecular complexity index is 284. The Hall–Kier alpha value is -0.980. The highest BCUT2D eigenvalue weighted by Gasteiger charge is 2.40. The van der Waals surface area contributed by atoms with Crippen molar-refractivity contribution in [1.82, 2.24) is 0 Å². The van der Waals surface area contributed by atoms with Gasteiger partial charge in [-0.15, -0.1) is 0 Å². The fourth-order valence-electron chi connectivity index (χ4n) is 1.74. The molecule has 0 unspecified atom stereocenters. The second-order valence-corrected chi connectivity index (χ2v) is 5.28. The molecule has 0 spiro atoms. The quantitative estimate of drug-likeness (QED) is 0.479. The van der Waals surface area contributed by atoms with Crippen molar-refractivity contribution in [3.63, 3.8) is 0 Å². The first-order valence-corrected chi connectivity index (χ1v) is 5.47. The number of ketones is 1. The number of hydrogen-bond acceptors (Lipinski definition) is 5. The normalized spacial score (nSPS) is 15.4. The van der Waals surface area contributed by atoms with Crippen LogP contribution < -0.4 is 5.11 Å². The van der Waals surface area contributed by atoms with E-state index in [-0.39, 0.29) is 30.5 Å². The highest BCUT2D eigenvalue weighted by molar-refractivity contribution is 5.90. The van der Waals surface area contributed by atoms with Gasteiger partial charge in [0.05, 0.1) is 21.1 Å². The molecular formula is C11H21NO5. The van der Waals surface area contributed by atoms with Crippen LogP contribution in [0.25, 0.3) is 0 Å². The zero-order valence-electron chi connectivity index (χ0n) is 10.6. The smallest absolute Gasteiger partial charge is 0.177 e. The summed E-state index contributed by atoms with van der Waals surface area (Å²) < 4.78 is 0.259. The van der Waals surface area contributed by atoms with Crippen LogP contribution in [-0.2, 0) is 9.59 Å². The number of carbonyl (C=O) groups is 2. The molecule has 0 saturated carbocycles. The van der Waals surface area contributed by atoms with E-state index in [0.717, 1.165) is 0 Å². The van der Waals surface area contributed by atoms with Crippen molar-refractivity contribution in [3.05, 3.63) is 0 Å². The van der Waals surface area contributed by atoms with E-state index in [1.807, 2.05) is 0 Å². The van der Waals surface area contributed by atoms with Gasteiger partial charge in [0, 0.05) is 25.4 Å². The molecule has 2 N–H and O–H groups in total. The Labute approximate surface area is 101 Å². The lowest BCUT2D eigenvalue weighted by atomic mass is 9.90. The summed E-state index contributed by atoms with van der Waals surface area (Å²) in [6.45, 7) is -0.178. The largest absolute Gasteiger partial charge is 0.550 e. The second kappa shape index (κ2) is 6.09. The Kier molecular flexibility index (Phi) is 5.74. The van der Waals surface area contributed by atoms with Crippen LogP contribution in [0.4, 0.5) is 0 Å². The lowest BCUT2D eigenvalue weighted by molar-refractivity contribution is -0.875. The van der Waals surface area contributed by atoms with Gasteiger partial charge in [-0.3, -0.25) is 4.79 Å². The molecule has 0 rings (SSSR count). The number of quaternary nitrogens is 1. The number of Topliss-reactive ketones (excluding diaryl/α,β-unsaturated/α-hetero) is 1. The summed E-state index contributed by atoms with van der Waals surface area (Å²) in [5.41, 5.74) is -1.92. The van der Waals surface area contributed by atoms with E-state index in [1.165, 1.54) is 0 Å². The number of rotatable bonds is 8. The van der Waals surface area contributed by atoms with Gasteiger partial charge in [0.15, 0.2) is 11.4 Å². The molecule has 0 heterocycles. The van der Waals surface area contributed by atoms with Crippen molar-refractivity contribution >= 4 is 11.8 Å². The summed E-state index contributed by atoms with van der Waals surface area (Å²) in [4.78, 5) is 22.4. The topological polar surface area (TPSA) is 97.7 Å². The van der Waals surface area contributed by atoms with Crippen molar-refractivity contribution < 1.29 is 29.4 Å². The third-order valence-electron chi connectivity index (χ3n) is 2.25. The predicted molar refractivity (Wildman–Crippen MR) is 58.8 cm³/mol. The monoisotopic (exact) mass is 247 g/mol. The van der Waals surface area contributed by atoms with Gasteiger partial charge in [-0.05, 0) is 6.42 Å². The minimum Gasteiger partial charge on any atom is -0.550 e. The van der Waals surface area contributed by atoms with Crippen molar-refractivity contribution in [2.75, 3.05) is 34.3 Å². The summed E-state index contributed by atoms with van der Waals surface area (Å²) in [5, 5.41) is 29.4. The highest BCUT2D eigenvalue weighted by Crippen LogP contribution is 2.18. The third kappa shape index (κ3) is 6.35. The van der Waals surface area contributed by atoms with E-state index in [9.17, 15) is 19.8 Å². The van der Waals surface area contributed by atoms with Crippen molar-refractivity contribution in [2.45, 2.75) is 24.9 Å². The van der Waals surface area contributed by atoms with Crippen LogP contribution in [0, 0.1) is 0 Å². The van der Waals surface area contributed by atoms with Gasteiger partial charge in [-0.25, -0.2) is 0 Å². The average Bonchev–Trinajstić information content (AvgIpc) is 2.09. The molecule has 0 bridgehead atoms. The number of hydrogen-bond donors (Lipinski definition) is 2. The highest BCUT2D eigenvalue weighted by atomic mass is 16.4. The van der Waals surface area contributed by atoms with E-state index in [0.29, 0.717) is 0 Å². The lowest BCUT2D eigenvalue weighted by Gasteiger charge is -2.34. The maximum atomic E-state index is 11.8.